The van der Waals surface area contributed by atoms with Gasteiger partial charge in [0.1, 0.15) is 0 Å². The van der Waals surface area contributed by atoms with Gasteiger partial charge in [-0.15, -0.1) is 0 Å². The van der Waals surface area contributed by atoms with Crippen molar-refractivity contribution < 1.29 is 4.79 Å². The molecule has 0 aromatic carbocycles. The van der Waals surface area contributed by atoms with Crippen LogP contribution in [0.2, 0.25) is 0 Å². The lowest BCUT2D eigenvalue weighted by Crippen LogP contribution is -2.43. The molecule has 0 spiro atoms. The van der Waals surface area contributed by atoms with Crippen LogP contribution < -0.4 is 11.1 Å². The van der Waals surface area contributed by atoms with E-state index in [9.17, 15) is 4.79 Å². The van der Waals surface area contributed by atoms with E-state index in [0.29, 0.717) is 6.04 Å². The Balaban J connectivity index is 2.38. The van der Waals surface area contributed by atoms with Crippen molar-refractivity contribution in [3.05, 3.63) is 0 Å². The maximum atomic E-state index is 11.9. The molecule has 0 aliphatic heterocycles. The number of nitrogens with one attached hydrogen (secondary N) is 1. The molecule has 4 atom stereocenters. The number of nitrogens with two attached hydrogens (primary N) is 1. The second-order valence-electron chi connectivity index (χ2n) is 5.47. The van der Waals surface area contributed by atoms with Crippen molar-refractivity contribution in [3.63, 3.8) is 0 Å². The first-order valence-electron chi connectivity index (χ1n) is 6.56. The van der Waals surface area contributed by atoms with Gasteiger partial charge in [0.15, 0.2) is 0 Å². The van der Waals surface area contributed by atoms with E-state index in [1.807, 2.05) is 13.8 Å². The summed E-state index contributed by atoms with van der Waals surface area (Å²) in [5.74, 6) is 0.850. The molecule has 1 aliphatic rings. The molecule has 3 nitrogen and oxygen atoms in total. The molecule has 1 aliphatic carbocycles. The van der Waals surface area contributed by atoms with E-state index in [0.717, 1.165) is 18.8 Å². The second-order valence-corrected chi connectivity index (χ2v) is 5.47. The molecule has 1 fully saturated rings. The van der Waals surface area contributed by atoms with Gasteiger partial charge in [-0.25, -0.2) is 0 Å². The molecule has 0 aromatic rings. The molecule has 3 heteroatoms. The summed E-state index contributed by atoms with van der Waals surface area (Å²) in [6.07, 6.45) is 6.02. The van der Waals surface area contributed by atoms with Crippen LogP contribution in [0.4, 0.5) is 0 Å². The molecule has 1 saturated carbocycles. The minimum atomic E-state index is -0.0827. The van der Waals surface area contributed by atoms with Crippen molar-refractivity contribution in [1.82, 2.24) is 5.32 Å². The molecule has 4 unspecified atom stereocenters. The summed E-state index contributed by atoms with van der Waals surface area (Å²) in [5, 5.41) is 3.14. The fraction of sp³-hybridized carbons (Fsp3) is 0.923. The van der Waals surface area contributed by atoms with Crippen LogP contribution in [0.25, 0.3) is 0 Å². The molecule has 16 heavy (non-hydrogen) atoms. The molecular weight excluding hydrogens is 200 g/mol. The van der Waals surface area contributed by atoms with E-state index in [2.05, 4.69) is 12.2 Å². The van der Waals surface area contributed by atoms with Crippen molar-refractivity contribution >= 4 is 5.91 Å². The van der Waals surface area contributed by atoms with Gasteiger partial charge in [0.25, 0.3) is 0 Å². The lowest BCUT2D eigenvalue weighted by Gasteiger charge is -2.21. The SMILES string of the molecule is CC1CCCC(NC(=O)C(C)C(C)N)CC1. The molecule has 0 radical (unpaired) electrons. The van der Waals surface area contributed by atoms with Crippen LogP contribution >= 0.6 is 0 Å². The van der Waals surface area contributed by atoms with Gasteiger partial charge < -0.3 is 11.1 Å². The number of carbonyl (C=O) groups is 1. The van der Waals surface area contributed by atoms with Gasteiger partial charge in [-0.3, -0.25) is 4.79 Å². The molecule has 0 bridgehead atoms. The van der Waals surface area contributed by atoms with E-state index >= 15 is 0 Å². The maximum Gasteiger partial charge on any atom is 0.224 e. The van der Waals surface area contributed by atoms with Crippen molar-refractivity contribution in [1.29, 1.82) is 0 Å². The summed E-state index contributed by atoms with van der Waals surface area (Å²) in [6.45, 7) is 6.09. The van der Waals surface area contributed by atoms with E-state index in [4.69, 9.17) is 5.73 Å². The lowest BCUT2D eigenvalue weighted by molar-refractivity contribution is -0.125. The molecule has 94 valence electrons. The second kappa shape index (κ2) is 6.24. The van der Waals surface area contributed by atoms with Crippen LogP contribution in [0.3, 0.4) is 0 Å². The van der Waals surface area contributed by atoms with Crippen molar-refractivity contribution in [2.75, 3.05) is 0 Å². The number of amides is 1. The summed E-state index contributed by atoms with van der Waals surface area (Å²) in [4.78, 5) is 11.9. The highest BCUT2D eigenvalue weighted by molar-refractivity contribution is 5.79. The molecule has 1 rings (SSSR count). The Hall–Kier alpha value is -0.570. The van der Waals surface area contributed by atoms with Gasteiger partial charge in [-0.2, -0.15) is 0 Å². The summed E-state index contributed by atoms with van der Waals surface area (Å²) < 4.78 is 0. The van der Waals surface area contributed by atoms with Gasteiger partial charge in [0.2, 0.25) is 5.91 Å². The van der Waals surface area contributed by atoms with E-state index in [-0.39, 0.29) is 17.9 Å². The number of hydrogen-bond acceptors (Lipinski definition) is 2. The van der Waals surface area contributed by atoms with Gasteiger partial charge in [-0.05, 0) is 32.1 Å². The van der Waals surface area contributed by atoms with Crippen molar-refractivity contribution in [3.8, 4) is 0 Å². The zero-order valence-corrected chi connectivity index (χ0v) is 10.8. The highest BCUT2D eigenvalue weighted by Gasteiger charge is 2.22. The van der Waals surface area contributed by atoms with E-state index in [1.54, 1.807) is 0 Å². The molecule has 0 aromatic heterocycles. The Morgan fingerprint density at radius 3 is 2.56 bits per heavy atom. The fourth-order valence-corrected chi connectivity index (χ4v) is 2.20. The number of rotatable bonds is 3. The molecule has 1 amide bonds. The zero-order valence-electron chi connectivity index (χ0n) is 10.8. The summed E-state index contributed by atoms with van der Waals surface area (Å²) in [6, 6.07) is 0.309. The summed E-state index contributed by atoms with van der Waals surface area (Å²) in [7, 11) is 0. The third kappa shape index (κ3) is 4.12. The van der Waals surface area contributed by atoms with Crippen LogP contribution in [0.5, 0.6) is 0 Å². The number of hydrogen-bond donors (Lipinski definition) is 2. The Morgan fingerprint density at radius 2 is 1.94 bits per heavy atom. The molecule has 0 saturated heterocycles. The topological polar surface area (TPSA) is 55.1 Å². The van der Waals surface area contributed by atoms with E-state index in [1.165, 1.54) is 19.3 Å². The maximum absolute atomic E-state index is 11.9. The van der Waals surface area contributed by atoms with Crippen LogP contribution in [0.15, 0.2) is 0 Å². The quantitative estimate of drug-likeness (QED) is 0.724. The van der Waals surface area contributed by atoms with Gasteiger partial charge in [0.05, 0.1) is 0 Å². The highest BCUT2D eigenvalue weighted by Crippen LogP contribution is 2.22. The van der Waals surface area contributed by atoms with Gasteiger partial charge in [-0.1, -0.05) is 26.7 Å². The Labute approximate surface area is 99.2 Å². The standard InChI is InChI=1S/C13H26N2O/c1-9-5-4-6-12(8-7-9)15-13(16)10(2)11(3)14/h9-12H,4-8,14H2,1-3H3,(H,15,16). The monoisotopic (exact) mass is 226 g/mol. The van der Waals surface area contributed by atoms with Crippen LogP contribution in [-0.4, -0.2) is 18.0 Å². The summed E-state index contributed by atoms with van der Waals surface area (Å²) >= 11 is 0. The predicted octanol–water partition coefficient (Wildman–Crippen LogP) is 2.05. The molecular formula is C13H26N2O. The fourth-order valence-electron chi connectivity index (χ4n) is 2.20. The van der Waals surface area contributed by atoms with Crippen LogP contribution in [0.1, 0.15) is 52.9 Å². The average Bonchev–Trinajstić information content (AvgIpc) is 2.42. The predicted molar refractivity (Wildman–Crippen MR) is 67.0 cm³/mol. The van der Waals surface area contributed by atoms with Gasteiger partial charge in [0, 0.05) is 18.0 Å². The minimum Gasteiger partial charge on any atom is -0.353 e. The van der Waals surface area contributed by atoms with Crippen LogP contribution in [-0.2, 0) is 4.79 Å². The number of carbonyl (C=O) groups excluding carboxylic acids is 1. The van der Waals surface area contributed by atoms with E-state index < -0.39 is 0 Å². The Morgan fingerprint density at radius 1 is 1.25 bits per heavy atom. The average molecular weight is 226 g/mol. The lowest BCUT2D eigenvalue weighted by atomic mass is 10.0. The normalized spacial score (nSPS) is 30.2. The first kappa shape index (κ1) is 13.5. The zero-order chi connectivity index (χ0) is 12.1. The largest absolute Gasteiger partial charge is 0.353 e. The van der Waals surface area contributed by atoms with Gasteiger partial charge >= 0.3 is 0 Å². The first-order chi connectivity index (χ1) is 7.50. The summed E-state index contributed by atoms with van der Waals surface area (Å²) in [5.41, 5.74) is 5.73. The smallest absolute Gasteiger partial charge is 0.224 e. The first-order valence-corrected chi connectivity index (χ1v) is 6.56. The Bertz CT molecular complexity index is 228. The highest BCUT2D eigenvalue weighted by atomic mass is 16.1. The third-order valence-corrected chi connectivity index (χ3v) is 3.81. The molecule has 3 N–H and O–H groups in total. The molecule has 0 heterocycles. The minimum absolute atomic E-state index is 0.0651. The third-order valence-electron chi connectivity index (χ3n) is 3.81. The van der Waals surface area contributed by atoms with Crippen molar-refractivity contribution in [2.24, 2.45) is 17.6 Å². The van der Waals surface area contributed by atoms with Crippen molar-refractivity contribution in [2.45, 2.75) is 65.0 Å². The van der Waals surface area contributed by atoms with Crippen LogP contribution in [0, 0.1) is 11.8 Å². The Kier molecular flexibility index (Phi) is 5.26.